The molecule has 1 atom stereocenters. The number of ketones is 1. The fourth-order valence-electron chi connectivity index (χ4n) is 0.904. The first-order chi connectivity index (χ1) is 8.06. The number of hydrogen-bond acceptors (Lipinski definition) is 3. The van der Waals surface area contributed by atoms with E-state index in [4.69, 9.17) is 9.84 Å². The second kappa shape index (κ2) is 9.54. The number of carbonyl (C=O) groups excluding carboxylic acids is 1. The molecule has 1 unspecified atom stereocenters. The van der Waals surface area contributed by atoms with E-state index in [0.29, 0.717) is 0 Å². The van der Waals surface area contributed by atoms with Gasteiger partial charge < -0.3 is 9.84 Å². The molecule has 17 heavy (non-hydrogen) atoms. The van der Waals surface area contributed by atoms with E-state index in [1.807, 2.05) is 19.1 Å². The Hall–Kier alpha value is -1.68. The van der Waals surface area contributed by atoms with Crippen molar-refractivity contribution in [3.63, 3.8) is 0 Å². The SMILES string of the molecule is COC(C)C=CC=CC=CC(=O)CCC(=O)O. The van der Waals surface area contributed by atoms with Crippen LogP contribution >= 0.6 is 0 Å². The van der Waals surface area contributed by atoms with Crippen LogP contribution in [0, 0.1) is 0 Å². The van der Waals surface area contributed by atoms with Crippen molar-refractivity contribution in [2.24, 2.45) is 0 Å². The van der Waals surface area contributed by atoms with Gasteiger partial charge in [-0.1, -0.05) is 30.4 Å². The topological polar surface area (TPSA) is 63.6 Å². The van der Waals surface area contributed by atoms with Gasteiger partial charge in [-0.25, -0.2) is 0 Å². The number of aliphatic carboxylic acids is 1. The van der Waals surface area contributed by atoms with Crippen LogP contribution < -0.4 is 0 Å². The molecular formula is C13H18O4. The third-order valence-electron chi connectivity index (χ3n) is 1.95. The van der Waals surface area contributed by atoms with E-state index in [-0.39, 0.29) is 24.7 Å². The van der Waals surface area contributed by atoms with E-state index in [1.165, 1.54) is 6.08 Å². The summed E-state index contributed by atoms with van der Waals surface area (Å²) in [5, 5.41) is 8.37. The van der Waals surface area contributed by atoms with Gasteiger partial charge in [0.2, 0.25) is 0 Å². The van der Waals surface area contributed by atoms with Crippen molar-refractivity contribution in [2.45, 2.75) is 25.9 Å². The summed E-state index contributed by atoms with van der Waals surface area (Å²) >= 11 is 0. The molecule has 0 radical (unpaired) electrons. The number of carbonyl (C=O) groups is 2. The summed E-state index contributed by atoms with van der Waals surface area (Å²) in [6.45, 7) is 1.91. The number of allylic oxidation sites excluding steroid dienone is 5. The molecule has 0 aromatic rings. The van der Waals surface area contributed by atoms with Gasteiger partial charge in [0.05, 0.1) is 12.5 Å². The van der Waals surface area contributed by atoms with Gasteiger partial charge >= 0.3 is 5.97 Å². The molecule has 0 aliphatic rings. The average molecular weight is 238 g/mol. The predicted molar refractivity (Wildman–Crippen MR) is 65.8 cm³/mol. The van der Waals surface area contributed by atoms with Crippen molar-refractivity contribution in [1.82, 2.24) is 0 Å². The Labute approximate surface area is 101 Å². The normalized spacial score (nSPS) is 13.8. The number of rotatable bonds is 8. The number of hydrogen-bond donors (Lipinski definition) is 1. The van der Waals surface area contributed by atoms with Crippen molar-refractivity contribution >= 4 is 11.8 Å². The molecule has 0 saturated carbocycles. The summed E-state index contributed by atoms with van der Waals surface area (Å²) in [4.78, 5) is 21.3. The molecule has 0 heterocycles. The molecule has 0 fully saturated rings. The van der Waals surface area contributed by atoms with Crippen LogP contribution in [-0.4, -0.2) is 30.1 Å². The van der Waals surface area contributed by atoms with Crippen LogP contribution in [0.15, 0.2) is 36.5 Å². The van der Waals surface area contributed by atoms with Gasteiger partial charge in [-0.3, -0.25) is 9.59 Å². The van der Waals surface area contributed by atoms with E-state index in [0.717, 1.165) is 0 Å². The highest BCUT2D eigenvalue weighted by atomic mass is 16.5. The van der Waals surface area contributed by atoms with Crippen LogP contribution in [0.2, 0.25) is 0 Å². The van der Waals surface area contributed by atoms with Crippen LogP contribution in [0.1, 0.15) is 19.8 Å². The third kappa shape index (κ3) is 10.6. The van der Waals surface area contributed by atoms with Crippen LogP contribution in [0.4, 0.5) is 0 Å². The minimum absolute atomic E-state index is 0.0379. The average Bonchev–Trinajstić information content (AvgIpc) is 2.30. The van der Waals surface area contributed by atoms with Gasteiger partial charge in [-0.05, 0) is 13.0 Å². The molecular weight excluding hydrogens is 220 g/mol. The minimum atomic E-state index is -0.959. The van der Waals surface area contributed by atoms with Gasteiger partial charge in [0.1, 0.15) is 0 Å². The van der Waals surface area contributed by atoms with Crippen molar-refractivity contribution in [3.05, 3.63) is 36.5 Å². The number of methoxy groups -OCH3 is 1. The van der Waals surface area contributed by atoms with Crippen molar-refractivity contribution < 1.29 is 19.4 Å². The summed E-state index contributed by atoms with van der Waals surface area (Å²) in [5.41, 5.74) is 0. The monoisotopic (exact) mass is 238 g/mol. The highest BCUT2D eigenvalue weighted by Gasteiger charge is 2.00. The molecule has 4 heteroatoms. The first-order valence-corrected chi connectivity index (χ1v) is 5.35. The van der Waals surface area contributed by atoms with E-state index < -0.39 is 5.97 Å². The molecule has 1 N–H and O–H groups in total. The lowest BCUT2D eigenvalue weighted by atomic mass is 10.2. The maximum absolute atomic E-state index is 11.1. The molecule has 0 bridgehead atoms. The Balaban J connectivity index is 3.86. The summed E-state index contributed by atoms with van der Waals surface area (Å²) in [6, 6.07) is 0. The van der Waals surface area contributed by atoms with Gasteiger partial charge in [-0.2, -0.15) is 0 Å². The lowest BCUT2D eigenvalue weighted by molar-refractivity contribution is -0.138. The molecule has 4 nitrogen and oxygen atoms in total. The maximum atomic E-state index is 11.1. The standard InChI is InChI=1S/C13H18O4/c1-11(17-2)7-5-3-4-6-8-12(14)9-10-13(15)16/h3-8,11H,9-10H2,1-2H3,(H,15,16). The Kier molecular flexibility index (Phi) is 8.60. The van der Waals surface area contributed by atoms with E-state index in [2.05, 4.69) is 0 Å². The summed E-state index contributed by atoms with van der Waals surface area (Å²) < 4.78 is 5.00. The molecule has 0 rings (SSSR count). The first-order valence-electron chi connectivity index (χ1n) is 5.35. The molecule has 0 spiro atoms. The maximum Gasteiger partial charge on any atom is 0.303 e. The second-order valence-electron chi connectivity index (χ2n) is 3.43. The molecule has 94 valence electrons. The highest BCUT2D eigenvalue weighted by Crippen LogP contribution is 1.93. The van der Waals surface area contributed by atoms with Crippen molar-refractivity contribution in [2.75, 3.05) is 7.11 Å². The Morgan fingerprint density at radius 3 is 2.41 bits per heavy atom. The lowest BCUT2D eigenvalue weighted by Crippen LogP contribution is -1.99. The zero-order valence-corrected chi connectivity index (χ0v) is 10.1. The Morgan fingerprint density at radius 2 is 1.82 bits per heavy atom. The van der Waals surface area contributed by atoms with Gasteiger partial charge in [0.25, 0.3) is 0 Å². The van der Waals surface area contributed by atoms with Crippen molar-refractivity contribution in [1.29, 1.82) is 0 Å². The van der Waals surface area contributed by atoms with Crippen LogP contribution in [0.3, 0.4) is 0 Å². The summed E-state index contributed by atoms with van der Waals surface area (Å²) in [5.74, 6) is -1.15. The zero-order valence-electron chi connectivity index (χ0n) is 10.1. The number of carboxylic acids is 1. The highest BCUT2D eigenvalue weighted by molar-refractivity contribution is 5.91. The van der Waals surface area contributed by atoms with E-state index in [1.54, 1.807) is 25.3 Å². The largest absolute Gasteiger partial charge is 0.481 e. The number of ether oxygens (including phenoxy) is 1. The Morgan fingerprint density at radius 1 is 1.18 bits per heavy atom. The van der Waals surface area contributed by atoms with Crippen LogP contribution in [-0.2, 0) is 14.3 Å². The second-order valence-corrected chi connectivity index (χ2v) is 3.43. The minimum Gasteiger partial charge on any atom is -0.481 e. The van der Waals surface area contributed by atoms with Crippen LogP contribution in [0.25, 0.3) is 0 Å². The summed E-state index contributed by atoms with van der Waals surface area (Å²) in [7, 11) is 1.62. The fourth-order valence-corrected chi connectivity index (χ4v) is 0.904. The molecule has 0 aliphatic carbocycles. The number of carboxylic acid groups (broad SMARTS) is 1. The molecule has 0 saturated heterocycles. The van der Waals surface area contributed by atoms with E-state index >= 15 is 0 Å². The van der Waals surface area contributed by atoms with Crippen molar-refractivity contribution in [3.8, 4) is 0 Å². The van der Waals surface area contributed by atoms with Crippen LogP contribution in [0.5, 0.6) is 0 Å². The third-order valence-corrected chi connectivity index (χ3v) is 1.95. The Bertz CT molecular complexity index is 326. The smallest absolute Gasteiger partial charge is 0.303 e. The van der Waals surface area contributed by atoms with Gasteiger partial charge in [0, 0.05) is 13.5 Å². The molecule has 0 aliphatic heterocycles. The zero-order chi connectivity index (χ0) is 13.1. The first kappa shape index (κ1) is 15.3. The quantitative estimate of drug-likeness (QED) is 0.519. The molecule has 0 amide bonds. The summed E-state index contributed by atoms with van der Waals surface area (Å²) in [6.07, 6.45) is 10.1. The van der Waals surface area contributed by atoms with Gasteiger partial charge in [-0.15, -0.1) is 0 Å². The fraction of sp³-hybridized carbons (Fsp3) is 0.385. The molecule has 0 aromatic heterocycles. The van der Waals surface area contributed by atoms with E-state index in [9.17, 15) is 9.59 Å². The lowest BCUT2D eigenvalue weighted by Gasteiger charge is -1.99. The van der Waals surface area contributed by atoms with Gasteiger partial charge in [0.15, 0.2) is 5.78 Å². The predicted octanol–water partition coefficient (Wildman–Crippen LogP) is 2.12. The molecule has 0 aromatic carbocycles.